The predicted octanol–water partition coefficient (Wildman–Crippen LogP) is 2.09. The highest BCUT2D eigenvalue weighted by atomic mass is 32.2. The second-order valence-corrected chi connectivity index (χ2v) is 8.04. The average molecular weight is 398 g/mol. The van der Waals surface area contributed by atoms with E-state index < -0.39 is 25.8 Å². The molecule has 0 amide bonds. The fourth-order valence-corrected chi connectivity index (χ4v) is 4.84. The van der Waals surface area contributed by atoms with Gasteiger partial charge in [-0.1, -0.05) is 35.5 Å². The molecule has 0 saturated heterocycles. The molecule has 4 rings (SSSR count). The van der Waals surface area contributed by atoms with Crippen molar-refractivity contribution in [3.05, 3.63) is 76.6 Å². The minimum absolute atomic E-state index is 0.00933. The normalized spacial score (nSPS) is 12.9. The molecule has 28 heavy (non-hydrogen) atoms. The molecule has 0 radical (unpaired) electrons. The lowest BCUT2D eigenvalue weighted by Crippen LogP contribution is -2.25. The van der Waals surface area contributed by atoms with Crippen LogP contribution in [0.1, 0.15) is 11.1 Å². The number of benzene rings is 2. The van der Waals surface area contributed by atoms with Gasteiger partial charge in [0, 0.05) is 7.05 Å². The van der Waals surface area contributed by atoms with Gasteiger partial charge in [0.1, 0.15) is 11.7 Å². The highest BCUT2D eigenvalue weighted by Gasteiger charge is 2.40. The number of hydrogen-bond donors (Lipinski definition) is 0. The lowest BCUT2D eigenvalue weighted by Gasteiger charge is -2.18. The second-order valence-electron chi connectivity index (χ2n) is 6.03. The molecular formula is C17H14N6O4S. The monoisotopic (exact) mass is 398 g/mol. The Morgan fingerprint density at radius 3 is 2.46 bits per heavy atom. The zero-order chi connectivity index (χ0) is 19.9. The van der Waals surface area contributed by atoms with Gasteiger partial charge in [0.15, 0.2) is 5.69 Å². The smallest absolute Gasteiger partial charge is 0.262 e. The van der Waals surface area contributed by atoms with Crippen LogP contribution < -0.4 is 0 Å². The first-order valence-corrected chi connectivity index (χ1v) is 9.71. The maximum absolute atomic E-state index is 13.5. The SMILES string of the molecule is Cn1ncc([N+](=O)[O-])c1C(n1nnc2ccccc21)S(=O)(=O)c1ccccc1. The van der Waals surface area contributed by atoms with Crippen molar-refractivity contribution in [2.24, 2.45) is 7.05 Å². The van der Waals surface area contributed by atoms with Crippen molar-refractivity contribution in [1.29, 1.82) is 0 Å². The zero-order valence-electron chi connectivity index (χ0n) is 14.6. The molecule has 1 atom stereocenters. The summed E-state index contributed by atoms with van der Waals surface area (Å²) in [5.74, 6) is 0. The standard InChI is InChI=1S/C17H14N6O4S/c1-21-16(15(11-18-21)23(24)25)17(28(26,27)12-7-3-2-4-8-12)22-14-10-6-5-9-13(14)19-20-22/h2-11,17H,1H3. The summed E-state index contributed by atoms with van der Waals surface area (Å²) in [7, 11) is -2.67. The summed E-state index contributed by atoms with van der Waals surface area (Å²) in [5.41, 5.74) is 0.388. The van der Waals surface area contributed by atoms with Crippen LogP contribution >= 0.6 is 0 Å². The minimum Gasteiger partial charge on any atom is -0.262 e. The molecule has 0 spiro atoms. The summed E-state index contributed by atoms with van der Waals surface area (Å²) in [6, 6.07) is 14.5. The number of nitro groups is 1. The van der Waals surface area contributed by atoms with E-state index in [1.165, 1.54) is 28.5 Å². The molecule has 0 aliphatic rings. The van der Waals surface area contributed by atoms with E-state index in [1.807, 2.05) is 0 Å². The summed E-state index contributed by atoms with van der Waals surface area (Å²) in [6.07, 6.45) is 1.03. The third-order valence-electron chi connectivity index (χ3n) is 4.36. The lowest BCUT2D eigenvalue weighted by molar-refractivity contribution is -0.385. The molecule has 2 heterocycles. The first-order chi connectivity index (χ1) is 13.4. The molecular weight excluding hydrogens is 384 g/mol. The topological polar surface area (TPSA) is 126 Å². The highest BCUT2D eigenvalue weighted by molar-refractivity contribution is 7.91. The third kappa shape index (κ3) is 2.72. The predicted molar refractivity (Wildman–Crippen MR) is 99.2 cm³/mol. The van der Waals surface area contributed by atoms with Crippen LogP contribution in [0.5, 0.6) is 0 Å². The number of rotatable bonds is 5. The molecule has 0 saturated carbocycles. The molecule has 10 nitrogen and oxygen atoms in total. The Morgan fingerprint density at radius 1 is 1.07 bits per heavy atom. The molecule has 4 aromatic rings. The number of para-hydroxylation sites is 1. The number of aromatic nitrogens is 5. The molecule has 0 fully saturated rings. The highest BCUT2D eigenvalue weighted by Crippen LogP contribution is 2.36. The molecule has 0 aliphatic carbocycles. The van der Waals surface area contributed by atoms with E-state index in [4.69, 9.17) is 0 Å². The van der Waals surface area contributed by atoms with E-state index >= 15 is 0 Å². The summed E-state index contributed by atoms with van der Waals surface area (Å²) < 4.78 is 29.5. The Balaban J connectivity index is 2.06. The van der Waals surface area contributed by atoms with Crippen molar-refractivity contribution in [3.8, 4) is 0 Å². The van der Waals surface area contributed by atoms with Crippen LogP contribution in [0, 0.1) is 10.1 Å². The quantitative estimate of drug-likeness (QED) is 0.372. The van der Waals surface area contributed by atoms with Crippen molar-refractivity contribution >= 4 is 26.6 Å². The summed E-state index contributed by atoms with van der Waals surface area (Å²) in [6.45, 7) is 0. The fraction of sp³-hybridized carbons (Fsp3) is 0.118. The second kappa shape index (κ2) is 6.53. The third-order valence-corrected chi connectivity index (χ3v) is 6.30. The van der Waals surface area contributed by atoms with E-state index in [0.29, 0.717) is 11.0 Å². The first kappa shape index (κ1) is 17.8. The van der Waals surface area contributed by atoms with Gasteiger partial charge in [-0.05, 0) is 24.3 Å². The van der Waals surface area contributed by atoms with Gasteiger partial charge in [0.05, 0.1) is 15.3 Å². The number of fused-ring (bicyclic) bond motifs is 1. The van der Waals surface area contributed by atoms with Crippen LogP contribution in [0.4, 0.5) is 5.69 Å². The van der Waals surface area contributed by atoms with E-state index in [1.54, 1.807) is 42.5 Å². The van der Waals surface area contributed by atoms with Crippen molar-refractivity contribution in [1.82, 2.24) is 24.8 Å². The molecule has 142 valence electrons. The molecule has 11 heteroatoms. The van der Waals surface area contributed by atoms with Crippen LogP contribution in [0.2, 0.25) is 0 Å². The number of sulfone groups is 1. The van der Waals surface area contributed by atoms with E-state index in [9.17, 15) is 18.5 Å². The maximum atomic E-state index is 13.5. The summed E-state index contributed by atoms with van der Waals surface area (Å²) >= 11 is 0. The Kier molecular flexibility index (Phi) is 4.15. The van der Waals surface area contributed by atoms with Crippen LogP contribution in [-0.4, -0.2) is 38.1 Å². The van der Waals surface area contributed by atoms with Gasteiger partial charge in [-0.15, -0.1) is 5.10 Å². The van der Waals surface area contributed by atoms with Crippen LogP contribution in [0.15, 0.2) is 65.7 Å². The van der Waals surface area contributed by atoms with Crippen molar-refractivity contribution < 1.29 is 13.3 Å². The number of aryl methyl sites for hydroxylation is 1. The minimum atomic E-state index is -4.12. The van der Waals surface area contributed by atoms with E-state index in [0.717, 1.165) is 6.20 Å². The molecule has 0 aliphatic heterocycles. The Bertz CT molecular complexity index is 1280. The van der Waals surface area contributed by atoms with Gasteiger partial charge in [-0.3, -0.25) is 14.8 Å². The fourth-order valence-electron chi connectivity index (χ4n) is 3.06. The van der Waals surface area contributed by atoms with Gasteiger partial charge < -0.3 is 0 Å². The summed E-state index contributed by atoms with van der Waals surface area (Å²) in [4.78, 5) is 10.9. The summed E-state index contributed by atoms with van der Waals surface area (Å²) in [5, 5.41) is 22.0. The van der Waals surface area contributed by atoms with Crippen LogP contribution in [0.25, 0.3) is 11.0 Å². The van der Waals surface area contributed by atoms with Crippen LogP contribution in [0.3, 0.4) is 0 Å². The van der Waals surface area contributed by atoms with Gasteiger partial charge in [-0.2, -0.15) is 5.10 Å². The molecule has 1 unspecified atom stereocenters. The van der Waals surface area contributed by atoms with Crippen molar-refractivity contribution in [3.63, 3.8) is 0 Å². The van der Waals surface area contributed by atoms with Gasteiger partial charge in [-0.25, -0.2) is 13.1 Å². The zero-order valence-corrected chi connectivity index (χ0v) is 15.4. The van der Waals surface area contributed by atoms with Crippen molar-refractivity contribution in [2.75, 3.05) is 0 Å². The Hall–Kier alpha value is -3.60. The lowest BCUT2D eigenvalue weighted by atomic mass is 10.3. The molecule has 2 aromatic heterocycles. The number of nitrogens with zero attached hydrogens (tertiary/aromatic N) is 6. The first-order valence-electron chi connectivity index (χ1n) is 8.16. The largest absolute Gasteiger partial charge is 0.313 e. The van der Waals surface area contributed by atoms with Crippen LogP contribution in [-0.2, 0) is 16.9 Å². The Morgan fingerprint density at radius 2 is 1.75 bits per heavy atom. The average Bonchev–Trinajstić information content (AvgIpc) is 3.28. The molecule has 0 bridgehead atoms. The molecule has 2 aromatic carbocycles. The maximum Gasteiger partial charge on any atom is 0.313 e. The number of hydrogen-bond acceptors (Lipinski definition) is 7. The Labute approximate surface area is 159 Å². The van der Waals surface area contributed by atoms with Gasteiger partial charge in [0.2, 0.25) is 15.2 Å². The van der Waals surface area contributed by atoms with Gasteiger partial charge in [0.25, 0.3) is 0 Å². The molecule has 0 N–H and O–H groups in total. The van der Waals surface area contributed by atoms with Gasteiger partial charge >= 0.3 is 5.69 Å². The van der Waals surface area contributed by atoms with Crippen molar-refractivity contribution in [2.45, 2.75) is 10.3 Å². The van der Waals surface area contributed by atoms with E-state index in [-0.39, 0.29) is 10.6 Å². The van der Waals surface area contributed by atoms with E-state index in [2.05, 4.69) is 15.4 Å².